The Morgan fingerprint density at radius 1 is 1.30 bits per heavy atom. The number of nitrogens with zero attached hydrogens (tertiary/aromatic N) is 2. The van der Waals surface area contributed by atoms with Gasteiger partial charge in [0.15, 0.2) is 0 Å². The average molecular weight is 272 g/mol. The highest BCUT2D eigenvalue weighted by atomic mass is 16.3. The first-order valence-electron chi connectivity index (χ1n) is 7.11. The highest BCUT2D eigenvalue weighted by molar-refractivity contribution is 5.81. The lowest BCUT2D eigenvalue weighted by molar-refractivity contribution is 0.243. The van der Waals surface area contributed by atoms with Crippen LogP contribution in [0.4, 0.5) is 5.82 Å². The van der Waals surface area contributed by atoms with E-state index in [0.717, 1.165) is 35.2 Å². The first kappa shape index (κ1) is 13.3. The number of rotatable bonds is 3. The third-order valence-electron chi connectivity index (χ3n) is 4.29. The van der Waals surface area contributed by atoms with E-state index in [1.807, 2.05) is 30.3 Å². The zero-order valence-electron chi connectivity index (χ0n) is 11.7. The fraction of sp³-hybridized carbons (Fsp3) is 0.438. The molecule has 0 bridgehead atoms. The Bertz CT molecular complexity index is 614. The van der Waals surface area contributed by atoms with Crippen molar-refractivity contribution in [3.8, 4) is 0 Å². The molecular weight excluding hydrogens is 252 g/mol. The molecule has 20 heavy (non-hydrogen) atoms. The summed E-state index contributed by atoms with van der Waals surface area (Å²) in [6.07, 6.45) is 1.05. The van der Waals surface area contributed by atoms with E-state index in [1.54, 1.807) is 0 Å². The lowest BCUT2D eigenvalue weighted by Crippen LogP contribution is -2.36. The van der Waals surface area contributed by atoms with Gasteiger partial charge < -0.3 is 15.1 Å². The summed E-state index contributed by atoms with van der Waals surface area (Å²) in [4.78, 5) is 6.86. The molecule has 2 heterocycles. The van der Waals surface area contributed by atoms with Crippen molar-refractivity contribution >= 4 is 16.7 Å². The molecule has 1 aliphatic rings. The van der Waals surface area contributed by atoms with E-state index in [4.69, 9.17) is 4.98 Å². The molecule has 0 aliphatic carbocycles. The summed E-state index contributed by atoms with van der Waals surface area (Å²) in [5.74, 6) is 1.26. The lowest BCUT2D eigenvalue weighted by Gasteiger charge is -2.28. The van der Waals surface area contributed by atoms with Crippen molar-refractivity contribution in [2.45, 2.75) is 26.0 Å². The molecule has 0 spiro atoms. The Morgan fingerprint density at radius 3 is 2.85 bits per heavy atom. The van der Waals surface area contributed by atoms with Crippen LogP contribution in [0.15, 0.2) is 30.3 Å². The second-order valence-electron chi connectivity index (χ2n) is 5.53. The number of hydrogen-bond acceptors (Lipinski definition) is 4. The molecule has 2 aromatic rings. The predicted molar refractivity (Wildman–Crippen MR) is 79.7 cm³/mol. The summed E-state index contributed by atoms with van der Waals surface area (Å²) in [5, 5.41) is 20.3. The normalized spacial score (nSPS) is 22.6. The Labute approximate surface area is 118 Å². The van der Waals surface area contributed by atoms with Gasteiger partial charge in [0.2, 0.25) is 0 Å². The summed E-state index contributed by atoms with van der Waals surface area (Å²) in [6.45, 7) is 3.13. The number of anilines is 1. The second-order valence-corrected chi connectivity index (χ2v) is 5.53. The molecule has 1 aromatic carbocycles. The van der Waals surface area contributed by atoms with Crippen LogP contribution < -0.4 is 4.90 Å². The minimum Gasteiger partial charge on any atom is -0.394 e. The van der Waals surface area contributed by atoms with E-state index >= 15 is 0 Å². The molecule has 0 radical (unpaired) electrons. The Hall–Kier alpha value is -1.65. The van der Waals surface area contributed by atoms with Gasteiger partial charge in [-0.2, -0.15) is 0 Å². The van der Waals surface area contributed by atoms with Crippen LogP contribution in [-0.4, -0.2) is 34.4 Å². The van der Waals surface area contributed by atoms with Gasteiger partial charge in [0, 0.05) is 17.5 Å². The van der Waals surface area contributed by atoms with Crippen molar-refractivity contribution in [1.29, 1.82) is 0 Å². The third-order valence-corrected chi connectivity index (χ3v) is 4.29. The number of aliphatic hydroxyl groups excluding tert-OH is 2. The monoisotopic (exact) mass is 272 g/mol. The molecule has 1 saturated heterocycles. The van der Waals surface area contributed by atoms with Crippen LogP contribution in [0.1, 0.15) is 18.9 Å². The van der Waals surface area contributed by atoms with Gasteiger partial charge in [0.25, 0.3) is 0 Å². The van der Waals surface area contributed by atoms with Crippen molar-refractivity contribution in [2.75, 3.05) is 18.1 Å². The first-order valence-corrected chi connectivity index (χ1v) is 7.11. The smallest absolute Gasteiger partial charge is 0.135 e. The molecule has 4 nitrogen and oxygen atoms in total. The average Bonchev–Trinajstić information content (AvgIpc) is 2.86. The molecule has 0 saturated carbocycles. The van der Waals surface area contributed by atoms with Crippen molar-refractivity contribution in [3.63, 3.8) is 0 Å². The number of aliphatic hydroxyl groups is 2. The molecule has 0 amide bonds. The number of aromatic nitrogens is 1. The minimum absolute atomic E-state index is 0.0316. The number of fused-ring (bicyclic) bond motifs is 1. The van der Waals surface area contributed by atoms with Gasteiger partial charge in [-0.05, 0) is 24.5 Å². The van der Waals surface area contributed by atoms with Gasteiger partial charge in [0.05, 0.1) is 24.8 Å². The largest absolute Gasteiger partial charge is 0.394 e. The molecule has 1 fully saturated rings. The van der Waals surface area contributed by atoms with Gasteiger partial charge in [-0.15, -0.1) is 0 Å². The van der Waals surface area contributed by atoms with Gasteiger partial charge in [-0.25, -0.2) is 4.98 Å². The molecular formula is C16H20N2O2. The lowest BCUT2D eigenvalue weighted by atomic mass is 10.0. The van der Waals surface area contributed by atoms with E-state index in [9.17, 15) is 10.2 Å². The Kier molecular flexibility index (Phi) is 3.59. The number of para-hydroxylation sites is 1. The van der Waals surface area contributed by atoms with Crippen molar-refractivity contribution in [2.24, 2.45) is 5.92 Å². The Balaban J connectivity index is 2.10. The van der Waals surface area contributed by atoms with E-state index < -0.39 is 0 Å². The van der Waals surface area contributed by atoms with Crippen LogP contribution in [-0.2, 0) is 6.61 Å². The van der Waals surface area contributed by atoms with Crippen LogP contribution in [0.5, 0.6) is 0 Å². The van der Waals surface area contributed by atoms with Gasteiger partial charge in [-0.1, -0.05) is 25.1 Å². The number of benzene rings is 1. The Morgan fingerprint density at radius 2 is 2.10 bits per heavy atom. The van der Waals surface area contributed by atoms with Crippen molar-refractivity contribution in [1.82, 2.24) is 4.98 Å². The van der Waals surface area contributed by atoms with Gasteiger partial charge >= 0.3 is 0 Å². The maximum absolute atomic E-state index is 9.63. The van der Waals surface area contributed by atoms with Crippen LogP contribution in [0.25, 0.3) is 10.9 Å². The van der Waals surface area contributed by atoms with Crippen LogP contribution in [0.2, 0.25) is 0 Å². The molecule has 2 unspecified atom stereocenters. The van der Waals surface area contributed by atoms with Crippen molar-refractivity contribution < 1.29 is 10.2 Å². The fourth-order valence-electron chi connectivity index (χ4n) is 3.06. The molecule has 1 aliphatic heterocycles. The summed E-state index contributed by atoms with van der Waals surface area (Å²) in [7, 11) is 0. The first-order chi connectivity index (χ1) is 9.74. The SMILES string of the molecule is CC1CCN(c2nc3ccccc3cc2CO)C1CO. The summed E-state index contributed by atoms with van der Waals surface area (Å²) in [5.41, 5.74) is 1.76. The van der Waals surface area contributed by atoms with Gasteiger partial charge in [-0.3, -0.25) is 0 Å². The molecule has 1 aromatic heterocycles. The van der Waals surface area contributed by atoms with Crippen LogP contribution in [0, 0.1) is 5.92 Å². The van der Waals surface area contributed by atoms with Crippen LogP contribution >= 0.6 is 0 Å². The summed E-state index contributed by atoms with van der Waals surface area (Å²) < 4.78 is 0. The third kappa shape index (κ3) is 2.15. The standard InChI is InChI=1S/C16H20N2O2/c1-11-6-7-18(15(11)10-20)16-13(9-19)8-12-4-2-3-5-14(12)17-16/h2-5,8,11,15,19-20H,6-7,9-10H2,1H3. The zero-order valence-corrected chi connectivity index (χ0v) is 11.7. The van der Waals surface area contributed by atoms with E-state index in [0.29, 0.717) is 5.92 Å². The van der Waals surface area contributed by atoms with Crippen molar-refractivity contribution in [3.05, 3.63) is 35.9 Å². The molecule has 106 valence electrons. The quantitative estimate of drug-likeness (QED) is 0.896. The summed E-state index contributed by atoms with van der Waals surface area (Å²) >= 11 is 0. The maximum Gasteiger partial charge on any atom is 0.135 e. The zero-order chi connectivity index (χ0) is 14.1. The summed E-state index contributed by atoms with van der Waals surface area (Å²) in [6, 6.07) is 10.0. The highest BCUT2D eigenvalue weighted by Crippen LogP contribution is 2.32. The number of pyridine rings is 1. The second kappa shape index (κ2) is 5.38. The fourth-order valence-corrected chi connectivity index (χ4v) is 3.06. The molecule has 2 atom stereocenters. The van der Waals surface area contributed by atoms with E-state index in [1.165, 1.54) is 0 Å². The highest BCUT2D eigenvalue weighted by Gasteiger charge is 2.32. The van der Waals surface area contributed by atoms with E-state index in [-0.39, 0.29) is 19.3 Å². The van der Waals surface area contributed by atoms with E-state index in [2.05, 4.69) is 11.8 Å². The maximum atomic E-state index is 9.63. The van der Waals surface area contributed by atoms with Crippen LogP contribution in [0.3, 0.4) is 0 Å². The molecule has 2 N–H and O–H groups in total. The predicted octanol–water partition coefficient (Wildman–Crippen LogP) is 1.93. The topological polar surface area (TPSA) is 56.6 Å². The number of hydrogen-bond donors (Lipinski definition) is 2. The van der Waals surface area contributed by atoms with Gasteiger partial charge in [0.1, 0.15) is 5.82 Å². The molecule has 4 heteroatoms. The molecule has 3 rings (SSSR count). The minimum atomic E-state index is -0.0316.